The van der Waals surface area contributed by atoms with E-state index in [1.807, 2.05) is 0 Å². The predicted molar refractivity (Wildman–Crippen MR) is 68.6 cm³/mol. The number of carbonyl (C=O) groups excluding carboxylic acids is 3. The number of pyridine rings is 1. The monoisotopic (exact) mass is 281 g/mol. The first kappa shape index (κ1) is 15.4. The van der Waals surface area contributed by atoms with Crippen LogP contribution in [0.2, 0.25) is 0 Å². The van der Waals surface area contributed by atoms with E-state index in [1.165, 1.54) is 32.5 Å². The highest BCUT2D eigenvalue weighted by molar-refractivity contribution is 5.96. The molecule has 0 saturated carbocycles. The Morgan fingerprint density at radius 1 is 1.15 bits per heavy atom. The lowest BCUT2D eigenvalue weighted by atomic mass is 10.3. The molecule has 1 amide bonds. The number of rotatable bonds is 5. The Labute approximate surface area is 115 Å². The fourth-order valence-corrected chi connectivity index (χ4v) is 1.33. The first-order chi connectivity index (χ1) is 9.47. The summed E-state index contributed by atoms with van der Waals surface area (Å²) >= 11 is 0. The van der Waals surface area contributed by atoms with Crippen LogP contribution in [0.25, 0.3) is 0 Å². The lowest BCUT2D eigenvalue weighted by molar-refractivity contribution is -0.144. The van der Waals surface area contributed by atoms with Gasteiger partial charge in [0.15, 0.2) is 0 Å². The predicted octanol–water partition coefficient (Wildman–Crippen LogP) is -0.548. The first-order valence-electron chi connectivity index (χ1n) is 5.62. The second-order valence-corrected chi connectivity index (χ2v) is 3.79. The second-order valence-electron chi connectivity index (χ2n) is 3.79. The normalized spacial score (nSPS) is 9.70. The number of esters is 2. The molecule has 8 heteroatoms. The van der Waals surface area contributed by atoms with Crippen molar-refractivity contribution < 1.29 is 23.9 Å². The van der Waals surface area contributed by atoms with E-state index >= 15 is 0 Å². The largest absolute Gasteiger partial charge is 0.468 e. The summed E-state index contributed by atoms with van der Waals surface area (Å²) in [5.74, 6) is -1.91. The molecule has 0 aliphatic carbocycles. The van der Waals surface area contributed by atoms with Crippen LogP contribution in [0, 0.1) is 0 Å². The minimum Gasteiger partial charge on any atom is -0.468 e. The number of nitrogen functional groups attached to an aromatic ring is 1. The molecule has 0 radical (unpaired) electrons. The van der Waals surface area contributed by atoms with Gasteiger partial charge in [-0.15, -0.1) is 0 Å². The van der Waals surface area contributed by atoms with Crippen molar-refractivity contribution >= 4 is 23.5 Å². The van der Waals surface area contributed by atoms with Crippen molar-refractivity contribution in [2.24, 2.45) is 0 Å². The van der Waals surface area contributed by atoms with Crippen molar-refractivity contribution in [3.63, 3.8) is 0 Å². The van der Waals surface area contributed by atoms with Crippen molar-refractivity contribution in [2.75, 3.05) is 33.0 Å². The minimum atomic E-state index is -0.655. The van der Waals surface area contributed by atoms with Crippen LogP contribution in [-0.2, 0) is 19.1 Å². The SMILES string of the molecule is COC(=O)CN(CC(=O)OC)C(=O)c1ccc(N)cn1. The Hall–Kier alpha value is -2.64. The smallest absolute Gasteiger partial charge is 0.325 e. The third-order valence-corrected chi connectivity index (χ3v) is 2.39. The van der Waals surface area contributed by atoms with Crippen molar-refractivity contribution in [3.05, 3.63) is 24.0 Å². The number of nitrogens with zero attached hydrogens (tertiary/aromatic N) is 2. The van der Waals surface area contributed by atoms with E-state index in [-0.39, 0.29) is 18.8 Å². The Bertz CT molecular complexity index is 482. The van der Waals surface area contributed by atoms with Crippen LogP contribution in [0.4, 0.5) is 5.69 Å². The molecular formula is C12H15N3O5. The standard InChI is InChI=1S/C12H15N3O5/c1-19-10(16)6-15(7-11(17)20-2)12(18)9-4-3-8(13)5-14-9/h3-5H,6-7,13H2,1-2H3. The van der Waals surface area contributed by atoms with Crippen LogP contribution in [0.3, 0.4) is 0 Å². The maximum Gasteiger partial charge on any atom is 0.325 e. The van der Waals surface area contributed by atoms with Crippen LogP contribution in [0.1, 0.15) is 10.5 Å². The van der Waals surface area contributed by atoms with Gasteiger partial charge in [-0.2, -0.15) is 0 Å². The fourth-order valence-electron chi connectivity index (χ4n) is 1.33. The van der Waals surface area contributed by atoms with E-state index in [0.29, 0.717) is 5.69 Å². The van der Waals surface area contributed by atoms with Crippen molar-refractivity contribution in [3.8, 4) is 0 Å². The molecule has 0 spiro atoms. The van der Waals surface area contributed by atoms with E-state index in [4.69, 9.17) is 5.73 Å². The molecule has 2 N–H and O–H groups in total. The van der Waals surface area contributed by atoms with Crippen molar-refractivity contribution in [1.82, 2.24) is 9.88 Å². The Morgan fingerprint density at radius 2 is 1.70 bits per heavy atom. The molecule has 8 nitrogen and oxygen atoms in total. The number of nitrogens with two attached hydrogens (primary N) is 1. The quantitative estimate of drug-likeness (QED) is 0.721. The molecule has 1 aromatic rings. The highest BCUT2D eigenvalue weighted by Gasteiger charge is 2.23. The van der Waals surface area contributed by atoms with Crippen molar-refractivity contribution in [2.45, 2.75) is 0 Å². The number of carbonyl (C=O) groups is 3. The summed E-state index contributed by atoms with van der Waals surface area (Å²) in [6, 6.07) is 2.90. The zero-order valence-electron chi connectivity index (χ0n) is 11.2. The van der Waals surface area contributed by atoms with Crippen LogP contribution in [0.15, 0.2) is 18.3 Å². The van der Waals surface area contributed by atoms with Gasteiger partial charge in [0.1, 0.15) is 18.8 Å². The number of methoxy groups -OCH3 is 2. The van der Waals surface area contributed by atoms with Gasteiger partial charge < -0.3 is 20.1 Å². The number of amides is 1. The van der Waals surface area contributed by atoms with E-state index < -0.39 is 17.8 Å². The summed E-state index contributed by atoms with van der Waals surface area (Å²) in [6.07, 6.45) is 1.31. The molecule has 0 atom stereocenters. The Balaban J connectivity index is 2.90. The topological polar surface area (TPSA) is 112 Å². The van der Waals surface area contributed by atoms with E-state index in [2.05, 4.69) is 14.5 Å². The number of ether oxygens (including phenoxy) is 2. The molecule has 0 saturated heterocycles. The molecule has 1 aromatic heterocycles. The van der Waals surface area contributed by atoms with E-state index in [1.54, 1.807) is 0 Å². The molecule has 0 aliphatic rings. The number of aromatic nitrogens is 1. The average molecular weight is 281 g/mol. The van der Waals surface area contributed by atoms with Gasteiger partial charge in [0.25, 0.3) is 5.91 Å². The maximum atomic E-state index is 12.2. The van der Waals surface area contributed by atoms with Crippen LogP contribution < -0.4 is 5.73 Å². The summed E-state index contributed by atoms with van der Waals surface area (Å²) in [4.78, 5) is 39.5. The fraction of sp³-hybridized carbons (Fsp3) is 0.333. The summed E-state index contributed by atoms with van der Waals surface area (Å²) < 4.78 is 8.95. The van der Waals surface area contributed by atoms with Gasteiger partial charge in [-0.25, -0.2) is 4.98 Å². The summed E-state index contributed by atoms with van der Waals surface area (Å²) in [7, 11) is 2.37. The molecule has 1 heterocycles. The third kappa shape index (κ3) is 4.23. The van der Waals surface area contributed by atoms with Gasteiger partial charge in [0.05, 0.1) is 26.1 Å². The molecule has 20 heavy (non-hydrogen) atoms. The Morgan fingerprint density at radius 3 is 2.10 bits per heavy atom. The van der Waals surface area contributed by atoms with Gasteiger partial charge in [-0.1, -0.05) is 0 Å². The number of anilines is 1. The van der Waals surface area contributed by atoms with Gasteiger partial charge in [-0.3, -0.25) is 14.4 Å². The van der Waals surface area contributed by atoms with Gasteiger partial charge in [0.2, 0.25) is 0 Å². The van der Waals surface area contributed by atoms with E-state index in [9.17, 15) is 14.4 Å². The van der Waals surface area contributed by atoms with Crippen molar-refractivity contribution in [1.29, 1.82) is 0 Å². The molecule has 1 rings (SSSR count). The molecule has 0 aromatic carbocycles. The summed E-state index contributed by atoms with van der Waals surface area (Å²) in [6.45, 7) is -0.757. The average Bonchev–Trinajstić information content (AvgIpc) is 2.46. The molecule has 108 valence electrons. The lowest BCUT2D eigenvalue weighted by Gasteiger charge is -2.19. The van der Waals surface area contributed by atoms with Gasteiger partial charge in [-0.05, 0) is 12.1 Å². The Kier molecular flexibility index (Phi) is 5.45. The zero-order chi connectivity index (χ0) is 15.1. The molecular weight excluding hydrogens is 266 g/mol. The minimum absolute atomic E-state index is 0.0620. The molecule has 0 unspecified atom stereocenters. The first-order valence-corrected chi connectivity index (χ1v) is 5.62. The highest BCUT2D eigenvalue weighted by Crippen LogP contribution is 2.05. The van der Waals surface area contributed by atoms with Gasteiger partial charge in [0, 0.05) is 0 Å². The summed E-state index contributed by atoms with van der Waals surface area (Å²) in [5, 5.41) is 0. The van der Waals surface area contributed by atoms with Gasteiger partial charge >= 0.3 is 11.9 Å². The molecule has 0 fully saturated rings. The van der Waals surface area contributed by atoms with Crippen LogP contribution in [0.5, 0.6) is 0 Å². The number of hydrogen-bond acceptors (Lipinski definition) is 7. The summed E-state index contributed by atoms with van der Waals surface area (Å²) in [5.41, 5.74) is 5.93. The van der Waals surface area contributed by atoms with Crippen LogP contribution >= 0.6 is 0 Å². The third-order valence-electron chi connectivity index (χ3n) is 2.39. The molecule has 0 aliphatic heterocycles. The lowest BCUT2D eigenvalue weighted by Crippen LogP contribution is -2.40. The maximum absolute atomic E-state index is 12.2. The highest BCUT2D eigenvalue weighted by atomic mass is 16.5. The zero-order valence-corrected chi connectivity index (χ0v) is 11.2. The number of hydrogen-bond donors (Lipinski definition) is 1. The molecule has 0 bridgehead atoms. The van der Waals surface area contributed by atoms with Crippen LogP contribution in [-0.4, -0.2) is 55.0 Å². The van der Waals surface area contributed by atoms with E-state index in [0.717, 1.165) is 4.90 Å². The second kappa shape index (κ2) is 7.07.